The van der Waals surface area contributed by atoms with Gasteiger partial charge in [0.05, 0.1) is 22.7 Å². The normalized spacial score (nSPS) is 11.0. The minimum absolute atomic E-state index is 0.120. The van der Waals surface area contributed by atoms with Crippen LogP contribution in [-0.2, 0) is 0 Å². The first-order valence-corrected chi connectivity index (χ1v) is 9.28. The zero-order chi connectivity index (χ0) is 20.4. The molecule has 9 heteroatoms. The number of H-pyrrole nitrogens is 2. The van der Waals surface area contributed by atoms with Crippen molar-refractivity contribution in [3.8, 4) is 17.3 Å². The zero-order valence-corrected chi connectivity index (χ0v) is 16.2. The molecule has 4 N–H and O–H groups in total. The van der Waals surface area contributed by atoms with E-state index in [0.29, 0.717) is 28.6 Å². The Kier molecular flexibility index (Phi) is 5.20. The number of carbonyl (C=O) groups is 1. The predicted molar refractivity (Wildman–Crippen MR) is 110 cm³/mol. The lowest BCUT2D eigenvalue weighted by Gasteiger charge is -2.08. The van der Waals surface area contributed by atoms with Crippen molar-refractivity contribution in [1.82, 2.24) is 20.2 Å². The predicted octanol–water partition coefficient (Wildman–Crippen LogP) is 3.54. The van der Waals surface area contributed by atoms with Gasteiger partial charge in [-0.2, -0.15) is 5.10 Å². The molecule has 29 heavy (non-hydrogen) atoms. The first-order chi connectivity index (χ1) is 14.0. The lowest BCUT2D eigenvalue weighted by molar-refractivity contribution is 0.102. The summed E-state index contributed by atoms with van der Waals surface area (Å²) in [5, 5.41) is 18.8. The summed E-state index contributed by atoms with van der Waals surface area (Å²) in [5.74, 6) is 1.03. The van der Waals surface area contributed by atoms with Crippen molar-refractivity contribution in [2.45, 2.75) is 6.92 Å². The van der Waals surface area contributed by atoms with Gasteiger partial charge in [0.1, 0.15) is 18.1 Å². The van der Waals surface area contributed by atoms with Crippen LogP contribution in [0.3, 0.4) is 0 Å². The van der Waals surface area contributed by atoms with Crippen LogP contribution in [0.15, 0.2) is 42.5 Å². The standard InChI is InChI=1S/C20H18ClN5O3/c1-11-2-4-14-15(8-11)23-19(22-14)16-10-18(26-25-16)24-20(28)12-3-5-17(13(21)9-12)29-7-6-27/h2-5,8-10,27H,6-7H2,1H3,(H,22,23)(H2,24,25,26,28). The molecule has 0 atom stereocenters. The Morgan fingerprint density at radius 3 is 2.90 bits per heavy atom. The number of benzene rings is 2. The van der Waals surface area contributed by atoms with Crippen molar-refractivity contribution in [3.05, 3.63) is 58.6 Å². The van der Waals surface area contributed by atoms with Crippen LogP contribution in [0.4, 0.5) is 5.82 Å². The average molecular weight is 412 g/mol. The summed E-state index contributed by atoms with van der Waals surface area (Å²) in [7, 11) is 0. The highest BCUT2D eigenvalue weighted by molar-refractivity contribution is 6.32. The molecular weight excluding hydrogens is 394 g/mol. The second kappa shape index (κ2) is 7.94. The first kappa shape index (κ1) is 19.0. The summed E-state index contributed by atoms with van der Waals surface area (Å²) in [6, 6.07) is 12.3. The van der Waals surface area contributed by atoms with Crippen molar-refractivity contribution in [1.29, 1.82) is 0 Å². The van der Waals surface area contributed by atoms with E-state index in [1.807, 2.05) is 25.1 Å². The molecule has 2 heterocycles. The van der Waals surface area contributed by atoms with Crippen LogP contribution in [0.25, 0.3) is 22.6 Å². The van der Waals surface area contributed by atoms with E-state index in [-0.39, 0.29) is 24.1 Å². The number of imidazole rings is 1. The van der Waals surface area contributed by atoms with Gasteiger partial charge in [0.2, 0.25) is 0 Å². The topological polar surface area (TPSA) is 116 Å². The Morgan fingerprint density at radius 1 is 1.24 bits per heavy atom. The van der Waals surface area contributed by atoms with E-state index in [0.717, 1.165) is 16.6 Å². The Labute approximate surface area is 170 Å². The summed E-state index contributed by atoms with van der Waals surface area (Å²) < 4.78 is 5.28. The average Bonchev–Trinajstić information content (AvgIpc) is 3.33. The van der Waals surface area contributed by atoms with Crippen LogP contribution < -0.4 is 10.1 Å². The molecule has 4 aromatic rings. The number of carbonyl (C=O) groups excluding carboxylic acids is 1. The third kappa shape index (κ3) is 4.08. The fraction of sp³-hybridized carbons (Fsp3) is 0.150. The van der Waals surface area contributed by atoms with Crippen molar-refractivity contribution < 1.29 is 14.6 Å². The highest BCUT2D eigenvalue weighted by atomic mass is 35.5. The smallest absolute Gasteiger partial charge is 0.256 e. The minimum atomic E-state index is -0.362. The summed E-state index contributed by atoms with van der Waals surface area (Å²) in [5.41, 5.74) is 3.91. The van der Waals surface area contributed by atoms with Crippen molar-refractivity contribution >= 4 is 34.4 Å². The molecule has 148 valence electrons. The van der Waals surface area contributed by atoms with Crippen LogP contribution in [0.1, 0.15) is 15.9 Å². The summed E-state index contributed by atoms with van der Waals surface area (Å²) in [6.07, 6.45) is 0. The third-order valence-corrected chi connectivity index (χ3v) is 4.55. The number of halogens is 1. The van der Waals surface area contributed by atoms with E-state index in [1.54, 1.807) is 18.2 Å². The SMILES string of the molecule is Cc1ccc2[nH]c(-c3cc(NC(=O)c4ccc(OCCO)c(Cl)c4)n[nH]3)nc2c1. The van der Waals surface area contributed by atoms with Crippen LogP contribution >= 0.6 is 11.6 Å². The molecule has 0 aliphatic heterocycles. The molecule has 0 bridgehead atoms. The quantitative estimate of drug-likeness (QED) is 0.387. The number of aliphatic hydroxyl groups is 1. The Hall–Kier alpha value is -3.36. The van der Waals surface area contributed by atoms with E-state index in [9.17, 15) is 4.79 Å². The number of aromatic amines is 2. The lowest BCUT2D eigenvalue weighted by atomic mass is 10.2. The van der Waals surface area contributed by atoms with Crippen LogP contribution in [0, 0.1) is 6.92 Å². The molecule has 8 nitrogen and oxygen atoms in total. The molecule has 0 saturated carbocycles. The van der Waals surface area contributed by atoms with Crippen LogP contribution in [-0.4, -0.2) is 44.4 Å². The molecule has 4 rings (SSSR count). The van der Waals surface area contributed by atoms with Gasteiger partial charge in [-0.3, -0.25) is 9.89 Å². The molecule has 0 unspecified atom stereocenters. The van der Waals surface area contributed by atoms with Gasteiger partial charge in [0, 0.05) is 11.6 Å². The van der Waals surface area contributed by atoms with Gasteiger partial charge < -0.3 is 20.1 Å². The monoisotopic (exact) mass is 411 g/mol. The van der Waals surface area contributed by atoms with Crippen LogP contribution in [0.5, 0.6) is 5.75 Å². The molecule has 2 aromatic heterocycles. The molecule has 1 amide bonds. The number of hydrogen-bond donors (Lipinski definition) is 4. The fourth-order valence-electron chi connectivity index (χ4n) is 2.85. The molecule has 0 fully saturated rings. The first-order valence-electron chi connectivity index (χ1n) is 8.90. The number of aryl methyl sites for hydroxylation is 1. The van der Waals surface area contributed by atoms with Crippen molar-refractivity contribution in [2.75, 3.05) is 18.5 Å². The van der Waals surface area contributed by atoms with Crippen LogP contribution in [0.2, 0.25) is 5.02 Å². The molecular formula is C20H18ClN5O3. The molecule has 0 radical (unpaired) electrons. The number of nitrogens with one attached hydrogen (secondary N) is 3. The minimum Gasteiger partial charge on any atom is -0.490 e. The third-order valence-electron chi connectivity index (χ3n) is 4.26. The maximum Gasteiger partial charge on any atom is 0.256 e. The van der Waals surface area contributed by atoms with Gasteiger partial charge in [0.15, 0.2) is 11.6 Å². The largest absolute Gasteiger partial charge is 0.490 e. The maximum absolute atomic E-state index is 12.5. The fourth-order valence-corrected chi connectivity index (χ4v) is 3.09. The number of amides is 1. The highest BCUT2D eigenvalue weighted by Gasteiger charge is 2.13. The maximum atomic E-state index is 12.5. The van der Waals surface area contributed by atoms with Gasteiger partial charge >= 0.3 is 0 Å². The summed E-state index contributed by atoms with van der Waals surface area (Å²) in [6.45, 7) is 2.02. The van der Waals surface area contributed by atoms with Gasteiger partial charge in [-0.05, 0) is 42.8 Å². The Bertz CT molecular complexity index is 1180. The molecule has 0 saturated heterocycles. The van der Waals surface area contributed by atoms with E-state index < -0.39 is 0 Å². The number of aliphatic hydroxyl groups excluding tert-OH is 1. The van der Waals surface area contributed by atoms with Gasteiger partial charge in [-0.1, -0.05) is 17.7 Å². The Morgan fingerprint density at radius 2 is 2.10 bits per heavy atom. The van der Waals surface area contributed by atoms with Gasteiger partial charge in [-0.25, -0.2) is 4.98 Å². The van der Waals surface area contributed by atoms with E-state index >= 15 is 0 Å². The summed E-state index contributed by atoms with van der Waals surface area (Å²) in [4.78, 5) is 20.3. The Balaban J connectivity index is 1.49. The number of aromatic nitrogens is 4. The number of ether oxygens (including phenoxy) is 1. The summed E-state index contributed by atoms with van der Waals surface area (Å²) >= 11 is 6.13. The number of fused-ring (bicyclic) bond motifs is 1. The molecule has 0 aliphatic carbocycles. The van der Waals surface area contributed by atoms with E-state index in [4.69, 9.17) is 21.4 Å². The number of rotatable bonds is 6. The van der Waals surface area contributed by atoms with Gasteiger partial charge in [-0.15, -0.1) is 0 Å². The van der Waals surface area contributed by atoms with Gasteiger partial charge in [0.25, 0.3) is 5.91 Å². The van der Waals surface area contributed by atoms with Crippen molar-refractivity contribution in [3.63, 3.8) is 0 Å². The highest BCUT2D eigenvalue weighted by Crippen LogP contribution is 2.26. The lowest BCUT2D eigenvalue weighted by Crippen LogP contribution is -2.12. The molecule has 2 aromatic carbocycles. The number of anilines is 1. The second-order valence-corrected chi connectivity index (χ2v) is 6.85. The van der Waals surface area contributed by atoms with Crippen molar-refractivity contribution in [2.24, 2.45) is 0 Å². The van der Waals surface area contributed by atoms with E-state index in [1.165, 1.54) is 6.07 Å². The number of nitrogens with zero attached hydrogens (tertiary/aromatic N) is 2. The second-order valence-electron chi connectivity index (χ2n) is 6.44. The van der Waals surface area contributed by atoms with E-state index in [2.05, 4.69) is 25.5 Å². The zero-order valence-electron chi connectivity index (χ0n) is 15.5. The molecule has 0 spiro atoms. The number of hydrogen-bond acceptors (Lipinski definition) is 5. The molecule has 0 aliphatic rings.